The standard InChI is InChI=1S/C12H5F3O3/c13-11(14)12(15)18-9-3-1-2-6-7(16)4-5-8(17)10(6)9/h1-5H. The molecule has 0 amide bonds. The van der Waals surface area contributed by atoms with Gasteiger partial charge in [-0.05, 0) is 18.2 Å². The Balaban J connectivity index is 2.53. The lowest BCUT2D eigenvalue weighted by molar-refractivity contribution is 0.0990. The lowest BCUT2D eigenvalue weighted by Gasteiger charge is -2.13. The Morgan fingerprint density at radius 3 is 2.33 bits per heavy atom. The normalized spacial score (nSPS) is 13.3. The second-order valence-corrected chi connectivity index (χ2v) is 3.38. The van der Waals surface area contributed by atoms with Gasteiger partial charge in [0, 0.05) is 5.56 Å². The maximum atomic E-state index is 12.7. The third kappa shape index (κ3) is 2.04. The number of ketones is 2. The lowest BCUT2D eigenvalue weighted by Crippen LogP contribution is -2.13. The average Bonchev–Trinajstić information content (AvgIpc) is 2.34. The monoisotopic (exact) mass is 254 g/mol. The van der Waals surface area contributed by atoms with Gasteiger partial charge in [-0.25, -0.2) is 0 Å². The Morgan fingerprint density at radius 2 is 1.67 bits per heavy atom. The quantitative estimate of drug-likeness (QED) is 0.762. The molecule has 92 valence electrons. The van der Waals surface area contributed by atoms with E-state index >= 15 is 0 Å². The van der Waals surface area contributed by atoms with Crippen LogP contribution < -0.4 is 4.74 Å². The highest BCUT2D eigenvalue weighted by Gasteiger charge is 2.24. The van der Waals surface area contributed by atoms with Crippen LogP contribution in [0.3, 0.4) is 0 Å². The van der Waals surface area contributed by atoms with Crippen LogP contribution in [0.2, 0.25) is 0 Å². The van der Waals surface area contributed by atoms with Gasteiger partial charge in [-0.2, -0.15) is 13.2 Å². The summed E-state index contributed by atoms with van der Waals surface area (Å²) < 4.78 is 40.8. The molecular weight excluding hydrogens is 249 g/mol. The first-order chi connectivity index (χ1) is 8.50. The SMILES string of the molecule is O=C1C=CC(=O)c2c(OC(F)=C(F)F)cccc21. The van der Waals surface area contributed by atoms with Crippen LogP contribution in [0, 0.1) is 0 Å². The number of ether oxygens (including phenoxy) is 1. The minimum absolute atomic E-state index is 0.00735. The van der Waals surface area contributed by atoms with Gasteiger partial charge in [-0.1, -0.05) is 12.1 Å². The maximum Gasteiger partial charge on any atom is 0.344 e. The zero-order chi connectivity index (χ0) is 13.3. The molecule has 2 rings (SSSR count). The molecule has 0 radical (unpaired) electrons. The predicted molar refractivity (Wildman–Crippen MR) is 55.2 cm³/mol. The number of rotatable bonds is 2. The van der Waals surface area contributed by atoms with Crippen LogP contribution in [-0.4, -0.2) is 11.6 Å². The van der Waals surface area contributed by atoms with Crippen molar-refractivity contribution in [3.05, 3.63) is 53.6 Å². The zero-order valence-electron chi connectivity index (χ0n) is 8.75. The van der Waals surface area contributed by atoms with Crippen molar-refractivity contribution < 1.29 is 27.5 Å². The minimum Gasteiger partial charge on any atom is -0.427 e. The van der Waals surface area contributed by atoms with Crippen LogP contribution in [0.4, 0.5) is 13.2 Å². The first-order valence-corrected chi connectivity index (χ1v) is 4.79. The van der Waals surface area contributed by atoms with Crippen LogP contribution in [0.25, 0.3) is 0 Å². The maximum absolute atomic E-state index is 12.7. The fourth-order valence-corrected chi connectivity index (χ4v) is 1.54. The number of allylic oxidation sites excluding steroid dienone is 2. The molecule has 0 aliphatic heterocycles. The molecule has 0 atom stereocenters. The van der Waals surface area contributed by atoms with Crippen LogP contribution >= 0.6 is 0 Å². The van der Waals surface area contributed by atoms with Crippen molar-refractivity contribution >= 4 is 11.6 Å². The van der Waals surface area contributed by atoms with Crippen molar-refractivity contribution in [3.63, 3.8) is 0 Å². The molecule has 3 nitrogen and oxygen atoms in total. The van der Waals surface area contributed by atoms with E-state index in [-0.39, 0.29) is 11.1 Å². The number of hydrogen-bond donors (Lipinski definition) is 0. The lowest BCUT2D eigenvalue weighted by atomic mass is 9.94. The topological polar surface area (TPSA) is 43.4 Å². The van der Waals surface area contributed by atoms with Gasteiger partial charge >= 0.3 is 12.1 Å². The van der Waals surface area contributed by atoms with Gasteiger partial charge < -0.3 is 4.74 Å². The van der Waals surface area contributed by atoms with Crippen molar-refractivity contribution in [1.82, 2.24) is 0 Å². The van der Waals surface area contributed by atoms with E-state index in [4.69, 9.17) is 0 Å². The molecule has 0 spiro atoms. The molecule has 0 unspecified atom stereocenters. The number of carbonyl (C=O) groups is 2. The van der Waals surface area contributed by atoms with E-state index < -0.39 is 29.4 Å². The van der Waals surface area contributed by atoms with Crippen molar-refractivity contribution in [3.8, 4) is 5.75 Å². The third-order valence-electron chi connectivity index (χ3n) is 2.27. The predicted octanol–water partition coefficient (Wildman–Crippen LogP) is 3.04. The summed E-state index contributed by atoms with van der Waals surface area (Å²) in [7, 11) is 0. The number of carbonyl (C=O) groups excluding carboxylic acids is 2. The molecule has 1 aliphatic rings. The average molecular weight is 254 g/mol. The number of halogens is 3. The van der Waals surface area contributed by atoms with Crippen LogP contribution in [0.15, 0.2) is 42.4 Å². The Labute approximate surface area is 99.2 Å². The van der Waals surface area contributed by atoms with Gasteiger partial charge in [-0.3, -0.25) is 9.59 Å². The molecular formula is C12H5F3O3. The second-order valence-electron chi connectivity index (χ2n) is 3.38. The number of hydrogen-bond acceptors (Lipinski definition) is 3. The van der Waals surface area contributed by atoms with E-state index in [1.165, 1.54) is 12.1 Å². The molecule has 1 aliphatic carbocycles. The van der Waals surface area contributed by atoms with E-state index in [1.54, 1.807) is 0 Å². The molecule has 0 aromatic heterocycles. The summed E-state index contributed by atoms with van der Waals surface area (Å²) in [4.78, 5) is 23.0. The molecule has 6 heteroatoms. The summed E-state index contributed by atoms with van der Waals surface area (Å²) >= 11 is 0. The van der Waals surface area contributed by atoms with Gasteiger partial charge in [0.05, 0.1) is 5.56 Å². The summed E-state index contributed by atoms with van der Waals surface area (Å²) in [6, 6.07) is 1.67. The molecule has 1 aromatic carbocycles. The Hall–Kier alpha value is -2.37. The first-order valence-electron chi connectivity index (χ1n) is 4.79. The molecule has 1 aromatic rings. The van der Waals surface area contributed by atoms with Gasteiger partial charge in [0.1, 0.15) is 5.75 Å². The van der Waals surface area contributed by atoms with Gasteiger partial charge in [0.15, 0.2) is 11.6 Å². The zero-order valence-corrected chi connectivity index (χ0v) is 8.75. The third-order valence-corrected chi connectivity index (χ3v) is 2.27. The second kappa shape index (κ2) is 4.48. The van der Waals surface area contributed by atoms with E-state index in [2.05, 4.69) is 4.74 Å². The van der Waals surface area contributed by atoms with Gasteiger partial charge in [0.2, 0.25) is 0 Å². The van der Waals surface area contributed by atoms with Gasteiger partial charge in [0.25, 0.3) is 0 Å². The minimum atomic E-state index is -2.64. The fraction of sp³-hybridized carbons (Fsp3) is 0. The van der Waals surface area contributed by atoms with Crippen LogP contribution in [0.5, 0.6) is 5.75 Å². The Kier molecular flexibility index (Phi) is 3.01. The largest absolute Gasteiger partial charge is 0.427 e. The molecule has 0 saturated heterocycles. The summed E-state index contributed by atoms with van der Waals surface area (Å²) in [5, 5.41) is 0. The summed E-state index contributed by atoms with van der Waals surface area (Å²) in [6.45, 7) is 0. The van der Waals surface area contributed by atoms with Crippen LogP contribution in [0.1, 0.15) is 20.7 Å². The molecule has 0 saturated carbocycles. The molecule has 0 heterocycles. The van der Waals surface area contributed by atoms with Gasteiger partial charge in [-0.15, -0.1) is 0 Å². The van der Waals surface area contributed by atoms with Crippen molar-refractivity contribution in [2.45, 2.75) is 0 Å². The number of benzene rings is 1. The van der Waals surface area contributed by atoms with Crippen molar-refractivity contribution in [2.75, 3.05) is 0 Å². The summed E-state index contributed by atoms with van der Waals surface area (Å²) in [5.74, 6) is -1.49. The summed E-state index contributed by atoms with van der Waals surface area (Å²) in [6.07, 6.45) is -0.612. The fourth-order valence-electron chi connectivity index (χ4n) is 1.54. The van der Waals surface area contributed by atoms with Crippen molar-refractivity contribution in [2.24, 2.45) is 0 Å². The number of fused-ring (bicyclic) bond motifs is 1. The smallest absolute Gasteiger partial charge is 0.344 e. The van der Waals surface area contributed by atoms with Crippen LogP contribution in [-0.2, 0) is 0 Å². The van der Waals surface area contributed by atoms with E-state index in [9.17, 15) is 22.8 Å². The highest BCUT2D eigenvalue weighted by atomic mass is 19.3. The Bertz CT molecular complexity index is 599. The Morgan fingerprint density at radius 1 is 1.00 bits per heavy atom. The molecule has 0 bridgehead atoms. The van der Waals surface area contributed by atoms with Crippen molar-refractivity contribution in [1.29, 1.82) is 0 Å². The van der Waals surface area contributed by atoms with E-state index in [1.807, 2.05) is 0 Å². The van der Waals surface area contributed by atoms with E-state index in [0.717, 1.165) is 18.2 Å². The first kappa shape index (κ1) is 12.1. The molecule has 0 fully saturated rings. The highest BCUT2D eigenvalue weighted by molar-refractivity contribution is 6.23. The molecule has 18 heavy (non-hydrogen) atoms. The molecule has 0 N–H and O–H groups in total. The summed E-state index contributed by atoms with van der Waals surface area (Å²) in [5.41, 5.74) is -0.228. The van der Waals surface area contributed by atoms with E-state index in [0.29, 0.717) is 0 Å². The highest BCUT2D eigenvalue weighted by Crippen LogP contribution is 2.29.